The summed E-state index contributed by atoms with van der Waals surface area (Å²) >= 11 is 0. The number of phenols is 1. The molecule has 0 unspecified atom stereocenters. The van der Waals surface area contributed by atoms with Crippen LogP contribution in [0.3, 0.4) is 0 Å². The fraction of sp³-hybridized carbons (Fsp3) is 0.100. The van der Waals surface area contributed by atoms with E-state index in [1.165, 1.54) is 6.20 Å². The molecule has 0 aliphatic carbocycles. The Morgan fingerprint density at radius 2 is 2.20 bits per heavy atom. The van der Waals surface area contributed by atoms with Crippen molar-refractivity contribution in [1.29, 1.82) is 0 Å². The van der Waals surface area contributed by atoms with Gasteiger partial charge in [-0.05, 0) is 12.1 Å². The highest BCUT2D eigenvalue weighted by Crippen LogP contribution is 2.25. The van der Waals surface area contributed by atoms with Crippen LogP contribution in [-0.4, -0.2) is 10.1 Å². The minimum absolute atomic E-state index is 0.0806. The van der Waals surface area contributed by atoms with E-state index in [0.29, 0.717) is 11.6 Å². The van der Waals surface area contributed by atoms with Gasteiger partial charge in [-0.15, -0.1) is 0 Å². The lowest BCUT2D eigenvalue weighted by Gasteiger charge is -2.04. The van der Waals surface area contributed by atoms with Crippen molar-refractivity contribution in [3.8, 4) is 11.5 Å². The lowest BCUT2D eigenvalue weighted by Crippen LogP contribution is -1.95. The second-order valence-corrected chi connectivity index (χ2v) is 2.91. The highest BCUT2D eigenvalue weighted by atomic mass is 16.5. The zero-order chi connectivity index (χ0) is 10.7. The van der Waals surface area contributed by atoms with E-state index in [1.807, 2.05) is 0 Å². The zero-order valence-electron chi connectivity index (χ0n) is 7.88. The quantitative estimate of drug-likeness (QED) is 0.796. The summed E-state index contributed by atoms with van der Waals surface area (Å²) in [6, 6.07) is 6.67. The average Bonchev–Trinajstić information content (AvgIpc) is 2.63. The van der Waals surface area contributed by atoms with Crippen LogP contribution in [0.25, 0.3) is 0 Å². The van der Waals surface area contributed by atoms with Gasteiger partial charge in [0.1, 0.15) is 0 Å². The molecule has 0 saturated carbocycles. The summed E-state index contributed by atoms with van der Waals surface area (Å²) in [4.78, 5) is 3.86. The number of nitrogens with two attached hydrogens (primary N) is 1. The van der Waals surface area contributed by atoms with Crippen molar-refractivity contribution < 1.29 is 14.3 Å². The highest BCUT2D eigenvalue weighted by molar-refractivity contribution is 5.37. The molecule has 78 valence electrons. The van der Waals surface area contributed by atoms with E-state index in [1.54, 1.807) is 24.3 Å². The number of nitrogen functional groups attached to an aromatic ring is 1. The SMILES string of the molecule is Nc1cnc(COc2ccccc2O)o1. The molecule has 5 nitrogen and oxygen atoms in total. The number of nitrogens with zero attached hydrogens (tertiary/aromatic N) is 1. The molecule has 0 radical (unpaired) electrons. The molecular formula is C10H10N2O3. The van der Waals surface area contributed by atoms with E-state index in [4.69, 9.17) is 14.9 Å². The summed E-state index contributed by atoms with van der Waals surface area (Å²) < 4.78 is 10.3. The lowest BCUT2D eigenvalue weighted by atomic mass is 10.3. The average molecular weight is 206 g/mol. The van der Waals surface area contributed by atoms with Crippen LogP contribution in [-0.2, 0) is 6.61 Å². The van der Waals surface area contributed by atoms with E-state index in [9.17, 15) is 5.11 Å². The lowest BCUT2D eigenvalue weighted by molar-refractivity contribution is 0.254. The largest absolute Gasteiger partial charge is 0.504 e. The minimum atomic E-state index is 0.0806. The molecule has 0 aliphatic rings. The standard InChI is InChI=1S/C10H10N2O3/c11-9-5-12-10(15-9)6-14-8-4-2-1-3-7(8)13/h1-5,13H,6,11H2. The maximum absolute atomic E-state index is 9.39. The van der Waals surface area contributed by atoms with Gasteiger partial charge in [0, 0.05) is 0 Å². The number of anilines is 1. The van der Waals surface area contributed by atoms with Crippen molar-refractivity contribution in [3.63, 3.8) is 0 Å². The van der Waals surface area contributed by atoms with Crippen LogP contribution in [0.5, 0.6) is 11.5 Å². The molecule has 0 saturated heterocycles. The maximum atomic E-state index is 9.39. The molecule has 2 aromatic rings. The molecule has 15 heavy (non-hydrogen) atoms. The number of ether oxygens (including phenoxy) is 1. The molecule has 1 aromatic heterocycles. The van der Waals surface area contributed by atoms with Crippen molar-refractivity contribution in [1.82, 2.24) is 4.98 Å². The Morgan fingerprint density at radius 3 is 2.87 bits per heavy atom. The molecule has 0 aliphatic heterocycles. The number of hydrogen-bond donors (Lipinski definition) is 2. The number of rotatable bonds is 3. The van der Waals surface area contributed by atoms with Crippen LogP contribution >= 0.6 is 0 Å². The van der Waals surface area contributed by atoms with E-state index in [-0.39, 0.29) is 18.2 Å². The van der Waals surface area contributed by atoms with Crippen LogP contribution in [0, 0.1) is 0 Å². The smallest absolute Gasteiger partial charge is 0.234 e. The molecule has 0 amide bonds. The number of aromatic hydroxyl groups is 1. The fourth-order valence-corrected chi connectivity index (χ4v) is 1.11. The molecule has 3 N–H and O–H groups in total. The predicted octanol–water partition coefficient (Wildman–Crippen LogP) is 1.54. The molecule has 5 heteroatoms. The van der Waals surface area contributed by atoms with E-state index < -0.39 is 0 Å². The topological polar surface area (TPSA) is 81.5 Å². The van der Waals surface area contributed by atoms with Crippen LogP contribution in [0.2, 0.25) is 0 Å². The summed E-state index contributed by atoms with van der Waals surface area (Å²) in [6.07, 6.45) is 1.41. The van der Waals surface area contributed by atoms with Crippen molar-refractivity contribution in [3.05, 3.63) is 36.4 Å². The predicted molar refractivity (Wildman–Crippen MR) is 53.4 cm³/mol. The summed E-state index contributed by atoms with van der Waals surface area (Å²) in [5.74, 6) is 1.08. The minimum Gasteiger partial charge on any atom is -0.504 e. The number of hydrogen-bond acceptors (Lipinski definition) is 5. The number of para-hydroxylation sites is 2. The van der Waals surface area contributed by atoms with E-state index in [2.05, 4.69) is 4.98 Å². The first kappa shape index (κ1) is 9.39. The Labute approximate surface area is 86.1 Å². The number of phenolic OH excluding ortho intramolecular Hbond substituents is 1. The number of aromatic nitrogens is 1. The van der Waals surface area contributed by atoms with Crippen molar-refractivity contribution in [2.45, 2.75) is 6.61 Å². The van der Waals surface area contributed by atoms with Crippen molar-refractivity contribution >= 4 is 5.88 Å². The Balaban J connectivity index is 2.02. The first-order valence-corrected chi connectivity index (χ1v) is 4.36. The van der Waals surface area contributed by atoms with E-state index in [0.717, 1.165) is 0 Å². The van der Waals surface area contributed by atoms with Crippen LogP contribution < -0.4 is 10.5 Å². The zero-order valence-corrected chi connectivity index (χ0v) is 7.88. The molecular weight excluding hydrogens is 196 g/mol. The van der Waals surface area contributed by atoms with Gasteiger partial charge in [-0.1, -0.05) is 12.1 Å². The third-order valence-corrected chi connectivity index (χ3v) is 1.79. The molecule has 2 rings (SSSR count). The van der Waals surface area contributed by atoms with Gasteiger partial charge >= 0.3 is 0 Å². The molecule has 1 aromatic carbocycles. The molecule has 0 bridgehead atoms. The fourth-order valence-electron chi connectivity index (χ4n) is 1.11. The normalized spacial score (nSPS) is 10.1. The Hall–Kier alpha value is -2.17. The van der Waals surface area contributed by atoms with Crippen LogP contribution in [0.1, 0.15) is 5.89 Å². The highest BCUT2D eigenvalue weighted by Gasteiger charge is 2.04. The third kappa shape index (κ3) is 2.19. The third-order valence-electron chi connectivity index (χ3n) is 1.79. The molecule has 0 atom stereocenters. The Kier molecular flexibility index (Phi) is 2.45. The van der Waals surface area contributed by atoms with Gasteiger partial charge < -0.3 is 20.0 Å². The maximum Gasteiger partial charge on any atom is 0.234 e. The van der Waals surface area contributed by atoms with Gasteiger partial charge in [0.2, 0.25) is 11.8 Å². The second kappa shape index (κ2) is 3.91. The molecule has 0 fully saturated rings. The van der Waals surface area contributed by atoms with E-state index >= 15 is 0 Å². The van der Waals surface area contributed by atoms with Gasteiger partial charge in [-0.2, -0.15) is 0 Å². The summed E-state index contributed by atoms with van der Waals surface area (Å²) in [6.45, 7) is 0.134. The molecule has 0 spiro atoms. The summed E-state index contributed by atoms with van der Waals surface area (Å²) in [5.41, 5.74) is 5.34. The number of oxazole rings is 1. The Bertz CT molecular complexity index is 453. The molecule has 1 heterocycles. The monoisotopic (exact) mass is 206 g/mol. The summed E-state index contributed by atoms with van der Waals surface area (Å²) in [7, 11) is 0. The van der Waals surface area contributed by atoms with Gasteiger partial charge in [0.05, 0.1) is 6.20 Å². The Morgan fingerprint density at radius 1 is 1.40 bits per heavy atom. The van der Waals surface area contributed by atoms with Gasteiger partial charge in [0.25, 0.3) is 0 Å². The van der Waals surface area contributed by atoms with Crippen LogP contribution in [0.15, 0.2) is 34.9 Å². The van der Waals surface area contributed by atoms with Crippen molar-refractivity contribution in [2.75, 3.05) is 5.73 Å². The first-order chi connectivity index (χ1) is 7.25. The van der Waals surface area contributed by atoms with Gasteiger partial charge in [0.15, 0.2) is 18.1 Å². The van der Waals surface area contributed by atoms with Gasteiger partial charge in [-0.25, -0.2) is 4.98 Å². The number of benzene rings is 1. The first-order valence-electron chi connectivity index (χ1n) is 4.36. The van der Waals surface area contributed by atoms with Crippen LogP contribution in [0.4, 0.5) is 5.88 Å². The summed E-state index contributed by atoms with van der Waals surface area (Å²) in [5, 5.41) is 9.39. The second-order valence-electron chi connectivity index (χ2n) is 2.91. The van der Waals surface area contributed by atoms with Crippen molar-refractivity contribution in [2.24, 2.45) is 0 Å². The van der Waals surface area contributed by atoms with Gasteiger partial charge in [-0.3, -0.25) is 0 Å².